The lowest BCUT2D eigenvalue weighted by Gasteiger charge is -2.31. The van der Waals surface area contributed by atoms with Gasteiger partial charge in [-0.3, -0.25) is 10.2 Å². The number of nitrogens with zero attached hydrogens (tertiary/aromatic N) is 1. The number of amides is 1. The number of aliphatic hydroxyl groups excluding tert-OH is 1. The molecule has 9 heteroatoms. The first-order valence-corrected chi connectivity index (χ1v) is 13.8. The summed E-state index contributed by atoms with van der Waals surface area (Å²) < 4.78 is 14.0. The van der Waals surface area contributed by atoms with Crippen LogP contribution in [0.3, 0.4) is 0 Å². The van der Waals surface area contributed by atoms with Gasteiger partial charge in [-0.2, -0.15) is 0 Å². The third kappa shape index (κ3) is 6.53. The number of nitrogens with one attached hydrogen (secondary N) is 2. The number of aliphatic hydroxyl groups is 1. The predicted octanol–water partition coefficient (Wildman–Crippen LogP) is 5.28. The Hall–Kier alpha value is -2.98. The van der Waals surface area contributed by atoms with E-state index in [1.807, 2.05) is 72.8 Å². The van der Waals surface area contributed by atoms with Gasteiger partial charge in [-0.1, -0.05) is 68.3 Å². The number of aliphatic imine (C=N–C) groups is 1. The quantitative estimate of drug-likeness (QED) is 0.142. The molecule has 1 aliphatic heterocycles. The highest BCUT2D eigenvalue weighted by atomic mass is 79.9. The lowest BCUT2D eigenvalue weighted by molar-refractivity contribution is -0.129. The van der Waals surface area contributed by atoms with Crippen LogP contribution in [0.4, 0.5) is 0 Å². The Kier molecular flexibility index (Phi) is 9.74. The molecule has 0 radical (unpaired) electrons. The van der Waals surface area contributed by atoms with Crippen LogP contribution in [0.5, 0.6) is 5.75 Å². The maximum Gasteiger partial charge on any atom is 0.266 e. The van der Waals surface area contributed by atoms with Gasteiger partial charge in [0.1, 0.15) is 5.75 Å². The number of benzene rings is 3. The Morgan fingerprint density at radius 2 is 1.84 bits per heavy atom. The summed E-state index contributed by atoms with van der Waals surface area (Å²) >= 11 is 7.13. The van der Waals surface area contributed by atoms with Crippen molar-refractivity contribution in [1.29, 1.82) is 0 Å². The van der Waals surface area contributed by atoms with E-state index in [0.29, 0.717) is 37.6 Å². The molecule has 7 nitrogen and oxygen atoms in total. The van der Waals surface area contributed by atoms with Gasteiger partial charge in [0.2, 0.25) is 5.90 Å². The third-order valence-corrected chi connectivity index (χ3v) is 7.37. The van der Waals surface area contributed by atoms with Crippen molar-refractivity contribution in [2.75, 3.05) is 19.8 Å². The molecule has 1 aliphatic rings. The molecule has 3 aromatic carbocycles. The molecular weight excluding hydrogens is 614 g/mol. The van der Waals surface area contributed by atoms with Crippen LogP contribution in [0.15, 0.2) is 99.4 Å². The summed E-state index contributed by atoms with van der Waals surface area (Å²) in [6.45, 7) is 4.60. The normalized spacial score (nSPS) is 18.4. The molecule has 38 heavy (non-hydrogen) atoms. The summed E-state index contributed by atoms with van der Waals surface area (Å²) in [7, 11) is 0. The minimum Gasteiger partial charge on any atom is -0.494 e. The van der Waals surface area contributed by atoms with Crippen LogP contribution in [0, 0.1) is 0 Å². The van der Waals surface area contributed by atoms with Gasteiger partial charge < -0.3 is 14.6 Å². The second-order valence-electron chi connectivity index (χ2n) is 8.73. The zero-order chi connectivity index (χ0) is 27.0. The van der Waals surface area contributed by atoms with E-state index >= 15 is 0 Å². The second-order valence-corrected chi connectivity index (χ2v) is 10.5. The molecule has 3 N–H and O–H groups in total. The molecule has 2 atom stereocenters. The second kappa shape index (κ2) is 13.2. The summed E-state index contributed by atoms with van der Waals surface area (Å²) in [5, 5.41) is 8.99. The van der Waals surface area contributed by atoms with Crippen molar-refractivity contribution in [2.24, 2.45) is 4.99 Å². The van der Waals surface area contributed by atoms with Gasteiger partial charge in [0.25, 0.3) is 5.91 Å². The van der Waals surface area contributed by atoms with Gasteiger partial charge in [-0.05, 0) is 53.6 Å². The van der Waals surface area contributed by atoms with Crippen molar-refractivity contribution in [3.8, 4) is 5.75 Å². The summed E-state index contributed by atoms with van der Waals surface area (Å²) in [5.41, 5.74) is 6.89. The standard InChI is InChI=1S/C29H29Br2N3O4/c1-2-16-32-34-28(36)29(19-22-6-3-4-7-25(22)31)26(20-8-12-23(30)13-9-20)38-27(33-29)21-10-14-24(15-11-21)37-18-5-17-35/h2-4,6-15,26,32,35H,1,5,16-19H2,(H,34,36)/t26-,29-/m0/s1. The van der Waals surface area contributed by atoms with E-state index in [1.54, 1.807) is 6.08 Å². The molecule has 198 valence electrons. The molecule has 0 bridgehead atoms. The number of halogens is 2. The van der Waals surface area contributed by atoms with Crippen LogP contribution < -0.4 is 15.6 Å². The van der Waals surface area contributed by atoms with Gasteiger partial charge >= 0.3 is 0 Å². The highest BCUT2D eigenvalue weighted by Crippen LogP contribution is 2.43. The Bertz CT molecular complexity index is 1280. The summed E-state index contributed by atoms with van der Waals surface area (Å²) in [6.07, 6.45) is 1.82. The predicted molar refractivity (Wildman–Crippen MR) is 155 cm³/mol. The average Bonchev–Trinajstić information content (AvgIpc) is 3.31. The van der Waals surface area contributed by atoms with E-state index in [1.165, 1.54) is 0 Å². The average molecular weight is 643 g/mol. The zero-order valence-electron chi connectivity index (χ0n) is 20.7. The van der Waals surface area contributed by atoms with Crippen molar-refractivity contribution >= 4 is 43.7 Å². The molecule has 3 aromatic rings. The van der Waals surface area contributed by atoms with Crippen molar-refractivity contribution in [1.82, 2.24) is 10.9 Å². The fraction of sp³-hybridized carbons (Fsp3) is 0.241. The lowest BCUT2D eigenvalue weighted by atomic mass is 9.82. The van der Waals surface area contributed by atoms with Gasteiger partial charge in [-0.25, -0.2) is 10.4 Å². The van der Waals surface area contributed by atoms with Crippen molar-refractivity contribution in [3.63, 3.8) is 0 Å². The first-order chi connectivity index (χ1) is 18.5. The molecule has 4 rings (SSSR count). The molecule has 0 saturated carbocycles. The van der Waals surface area contributed by atoms with Gasteiger partial charge in [0.05, 0.1) is 6.61 Å². The maximum atomic E-state index is 13.9. The monoisotopic (exact) mass is 641 g/mol. The van der Waals surface area contributed by atoms with E-state index in [4.69, 9.17) is 19.6 Å². The molecule has 0 spiro atoms. The van der Waals surface area contributed by atoms with Crippen molar-refractivity contribution in [3.05, 3.63) is 111 Å². The van der Waals surface area contributed by atoms with E-state index < -0.39 is 11.6 Å². The number of hydrogen-bond acceptors (Lipinski definition) is 6. The first kappa shape index (κ1) is 28.0. The SMILES string of the molecule is C=CCNNC(=O)[C@@]1(Cc2ccccc2Br)N=C(c2ccc(OCCCO)cc2)O[C@H]1c1ccc(Br)cc1. The summed E-state index contributed by atoms with van der Waals surface area (Å²) in [5.74, 6) is 0.726. The van der Waals surface area contributed by atoms with Crippen molar-refractivity contribution in [2.45, 2.75) is 24.5 Å². The fourth-order valence-electron chi connectivity index (χ4n) is 4.16. The van der Waals surface area contributed by atoms with Crippen LogP contribution in [0.25, 0.3) is 0 Å². The number of carbonyl (C=O) groups excluding carboxylic acids is 1. The molecule has 0 aliphatic carbocycles. The number of hydrazine groups is 1. The third-order valence-electron chi connectivity index (χ3n) is 6.07. The number of ether oxygens (including phenoxy) is 2. The van der Waals surface area contributed by atoms with Gasteiger partial charge in [0.15, 0.2) is 11.6 Å². The number of hydrogen-bond donors (Lipinski definition) is 3. The fourth-order valence-corrected chi connectivity index (χ4v) is 4.85. The number of carbonyl (C=O) groups is 1. The van der Waals surface area contributed by atoms with E-state index in [0.717, 1.165) is 25.6 Å². The molecule has 0 saturated heterocycles. The molecule has 0 fully saturated rings. The molecule has 0 unspecified atom stereocenters. The van der Waals surface area contributed by atoms with Crippen molar-refractivity contribution < 1.29 is 19.4 Å². The Morgan fingerprint density at radius 3 is 2.53 bits per heavy atom. The number of rotatable bonds is 12. The zero-order valence-corrected chi connectivity index (χ0v) is 23.9. The van der Waals surface area contributed by atoms with Gasteiger partial charge in [-0.15, -0.1) is 6.58 Å². The van der Waals surface area contributed by atoms with Crippen LogP contribution >= 0.6 is 31.9 Å². The van der Waals surface area contributed by atoms with Crippen LogP contribution in [-0.2, 0) is 16.0 Å². The largest absolute Gasteiger partial charge is 0.494 e. The highest BCUT2D eigenvalue weighted by molar-refractivity contribution is 9.10. The summed E-state index contributed by atoms with van der Waals surface area (Å²) in [6, 6.07) is 22.9. The van der Waals surface area contributed by atoms with E-state index in [-0.39, 0.29) is 12.5 Å². The molecule has 0 aromatic heterocycles. The van der Waals surface area contributed by atoms with E-state index in [2.05, 4.69) is 49.3 Å². The Balaban J connectivity index is 1.77. The van der Waals surface area contributed by atoms with Gasteiger partial charge in [0, 0.05) is 40.5 Å². The highest BCUT2D eigenvalue weighted by Gasteiger charge is 2.53. The Morgan fingerprint density at radius 1 is 1.11 bits per heavy atom. The smallest absolute Gasteiger partial charge is 0.266 e. The van der Waals surface area contributed by atoms with Crippen LogP contribution in [0.1, 0.15) is 29.2 Å². The minimum atomic E-state index is -1.31. The van der Waals surface area contributed by atoms with Crippen LogP contribution in [-0.4, -0.2) is 42.2 Å². The van der Waals surface area contributed by atoms with Crippen LogP contribution in [0.2, 0.25) is 0 Å². The lowest BCUT2D eigenvalue weighted by Crippen LogP contribution is -2.54. The minimum absolute atomic E-state index is 0.0729. The maximum absolute atomic E-state index is 13.9. The first-order valence-electron chi connectivity index (χ1n) is 12.2. The topological polar surface area (TPSA) is 92.2 Å². The summed E-state index contributed by atoms with van der Waals surface area (Å²) in [4.78, 5) is 18.9. The van der Waals surface area contributed by atoms with E-state index in [9.17, 15) is 4.79 Å². The molecule has 1 heterocycles. The molecular formula is C29H29Br2N3O4. The molecule has 1 amide bonds. The Labute approximate surface area is 239 Å².